The molecule has 0 saturated carbocycles. The zero-order valence-electron chi connectivity index (χ0n) is 10.4. The molecule has 2 aromatic heterocycles. The van der Waals surface area contributed by atoms with Crippen LogP contribution in [0.4, 0.5) is 0 Å². The molecule has 0 bridgehead atoms. The number of hydrogen-bond acceptors (Lipinski definition) is 3. The van der Waals surface area contributed by atoms with Gasteiger partial charge in [-0.1, -0.05) is 0 Å². The maximum Gasteiger partial charge on any atom is 0.147 e. The molecule has 90 valence electrons. The molecular formula is C13H17N3O. The molecule has 0 unspecified atom stereocenters. The highest BCUT2D eigenvalue weighted by atomic mass is 16.5. The smallest absolute Gasteiger partial charge is 0.147 e. The van der Waals surface area contributed by atoms with E-state index in [2.05, 4.69) is 28.4 Å². The normalized spacial score (nSPS) is 10.8. The van der Waals surface area contributed by atoms with E-state index in [-0.39, 0.29) is 0 Å². The topological polar surface area (TPSA) is 39.9 Å². The maximum absolute atomic E-state index is 5.65. The number of imidazole rings is 1. The first kappa shape index (κ1) is 11.6. The predicted octanol–water partition coefficient (Wildman–Crippen LogP) is 2.75. The molecule has 0 aliphatic carbocycles. The highest BCUT2D eigenvalue weighted by Gasteiger charge is 2.08. The third-order valence-corrected chi connectivity index (χ3v) is 2.49. The molecule has 0 N–H and O–H groups in total. The SMILES string of the molecule is Cc1cn(C(C)C)c(COc2cccnc2)n1. The first-order valence-corrected chi connectivity index (χ1v) is 5.74. The van der Waals surface area contributed by atoms with E-state index in [1.54, 1.807) is 12.4 Å². The Morgan fingerprint density at radius 2 is 2.24 bits per heavy atom. The largest absolute Gasteiger partial charge is 0.484 e. The molecule has 0 spiro atoms. The molecule has 0 aliphatic rings. The van der Waals surface area contributed by atoms with Crippen LogP contribution < -0.4 is 4.74 Å². The third-order valence-electron chi connectivity index (χ3n) is 2.49. The second-order valence-electron chi connectivity index (χ2n) is 4.28. The van der Waals surface area contributed by atoms with Crippen molar-refractivity contribution in [2.45, 2.75) is 33.4 Å². The Bertz CT molecular complexity index is 477. The lowest BCUT2D eigenvalue weighted by Gasteiger charge is -2.11. The Kier molecular flexibility index (Phi) is 3.42. The van der Waals surface area contributed by atoms with Gasteiger partial charge in [0.25, 0.3) is 0 Å². The van der Waals surface area contributed by atoms with E-state index in [4.69, 9.17) is 4.74 Å². The van der Waals surface area contributed by atoms with Crippen LogP contribution >= 0.6 is 0 Å². The van der Waals surface area contributed by atoms with Crippen LogP contribution in [0.1, 0.15) is 31.4 Å². The molecule has 0 atom stereocenters. The molecule has 0 saturated heterocycles. The van der Waals surface area contributed by atoms with E-state index in [9.17, 15) is 0 Å². The van der Waals surface area contributed by atoms with Crippen molar-refractivity contribution in [1.82, 2.24) is 14.5 Å². The molecule has 0 radical (unpaired) electrons. The van der Waals surface area contributed by atoms with Gasteiger partial charge in [0.15, 0.2) is 0 Å². The summed E-state index contributed by atoms with van der Waals surface area (Å²) in [5.41, 5.74) is 1.02. The van der Waals surface area contributed by atoms with E-state index in [1.807, 2.05) is 25.3 Å². The summed E-state index contributed by atoms with van der Waals surface area (Å²) < 4.78 is 7.78. The number of pyridine rings is 1. The Balaban J connectivity index is 2.09. The van der Waals surface area contributed by atoms with Crippen molar-refractivity contribution in [2.24, 2.45) is 0 Å². The molecule has 0 amide bonds. The molecule has 4 nitrogen and oxygen atoms in total. The first-order chi connectivity index (χ1) is 8.16. The summed E-state index contributed by atoms with van der Waals surface area (Å²) in [6.07, 6.45) is 5.48. The summed E-state index contributed by atoms with van der Waals surface area (Å²) in [7, 11) is 0. The van der Waals surface area contributed by atoms with Crippen LogP contribution in [0, 0.1) is 6.92 Å². The first-order valence-electron chi connectivity index (χ1n) is 5.74. The van der Waals surface area contributed by atoms with Crippen molar-refractivity contribution < 1.29 is 4.74 Å². The van der Waals surface area contributed by atoms with E-state index in [1.165, 1.54) is 0 Å². The minimum absolute atomic E-state index is 0.392. The lowest BCUT2D eigenvalue weighted by atomic mass is 10.4. The molecule has 4 heteroatoms. The van der Waals surface area contributed by atoms with E-state index in [0.29, 0.717) is 12.6 Å². The Morgan fingerprint density at radius 1 is 1.41 bits per heavy atom. The highest BCUT2D eigenvalue weighted by molar-refractivity contribution is 5.16. The molecule has 2 heterocycles. The lowest BCUT2D eigenvalue weighted by molar-refractivity contribution is 0.285. The molecule has 17 heavy (non-hydrogen) atoms. The maximum atomic E-state index is 5.65. The van der Waals surface area contributed by atoms with Gasteiger partial charge in [-0.2, -0.15) is 0 Å². The fourth-order valence-electron chi connectivity index (χ4n) is 1.70. The summed E-state index contributed by atoms with van der Waals surface area (Å²) >= 11 is 0. The third kappa shape index (κ3) is 2.84. The lowest BCUT2D eigenvalue weighted by Crippen LogP contribution is -2.08. The van der Waals surface area contributed by atoms with Gasteiger partial charge in [0.05, 0.1) is 11.9 Å². The fraction of sp³-hybridized carbons (Fsp3) is 0.385. The van der Waals surface area contributed by atoms with Gasteiger partial charge in [0, 0.05) is 18.4 Å². The van der Waals surface area contributed by atoms with Crippen molar-refractivity contribution in [3.05, 3.63) is 42.2 Å². The number of hydrogen-bond donors (Lipinski definition) is 0. The monoisotopic (exact) mass is 231 g/mol. The molecule has 0 fully saturated rings. The molecule has 2 rings (SSSR count). The molecule has 0 aromatic carbocycles. The molecule has 0 aliphatic heterocycles. The summed E-state index contributed by atoms with van der Waals surface area (Å²) in [6.45, 7) is 6.73. The van der Waals surface area contributed by atoms with Crippen LogP contribution in [0.15, 0.2) is 30.7 Å². The van der Waals surface area contributed by atoms with Gasteiger partial charge in [0.2, 0.25) is 0 Å². The zero-order valence-corrected chi connectivity index (χ0v) is 10.4. The van der Waals surface area contributed by atoms with E-state index >= 15 is 0 Å². The van der Waals surface area contributed by atoms with Crippen molar-refractivity contribution in [1.29, 1.82) is 0 Å². The summed E-state index contributed by atoms with van der Waals surface area (Å²) in [5.74, 6) is 1.71. The molecule has 2 aromatic rings. The van der Waals surface area contributed by atoms with E-state index < -0.39 is 0 Å². The Hall–Kier alpha value is -1.84. The van der Waals surface area contributed by atoms with Crippen LogP contribution in [-0.4, -0.2) is 14.5 Å². The predicted molar refractivity (Wildman–Crippen MR) is 65.9 cm³/mol. The Labute approximate surface area is 101 Å². The average Bonchev–Trinajstić information content (AvgIpc) is 2.69. The van der Waals surface area contributed by atoms with Crippen LogP contribution in [0.5, 0.6) is 5.75 Å². The summed E-state index contributed by atoms with van der Waals surface area (Å²) in [6, 6.07) is 4.14. The van der Waals surface area contributed by atoms with E-state index in [0.717, 1.165) is 17.3 Å². The second kappa shape index (κ2) is 4.99. The van der Waals surface area contributed by atoms with Gasteiger partial charge in [-0.25, -0.2) is 4.98 Å². The average molecular weight is 231 g/mol. The minimum Gasteiger partial charge on any atom is -0.484 e. The highest BCUT2D eigenvalue weighted by Crippen LogP contribution is 2.14. The summed E-state index contributed by atoms with van der Waals surface area (Å²) in [5, 5.41) is 0. The quantitative estimate of drug-likeness (QED) is 0.812. The van der Waals surface area contributed by atoms with Gasteiger partial charge in [-0.05, 0) is 32.9 Å². The summed E-state index contributed by atoms with van der Waals surface area (Å²) in [4.78, 5) is 8.47. The second-order valence-corrected chi connectivity index (χ2v) is 4.28. The number of rotatable bonds is 4. The number of aryl methyl sites for hydroxylation is 1. The van der Waals surface area contributed by atoms with Gasteiger partial charge in [0.1, 0.15) is 18.2 Å². The minimum atomic E-state index is 0.392. The van der Waals surface area contributed by atoms with Gasteiger partial charge >= 0.3 is 0 Å². The van der Waals surface area contributed by atoms with Crippen LogP contribution in [0.3, 0.4) is 0 Å². The van der Waals surface area contributed by atoms with Crippen LogP contribution in [-0.2, 0) is 6.61 Å². The van der Waals surface area contributed by atoms with Crippen molar-refractivity contribution in [3.8, 4) is 5.75 Å². The fourth-order valence-corrected chi connectivity index (χ4v) is 1.70. The van der Waals surface area contributed by atoms with Crippen molar-refractivity contribution in [2.75, 3.05) is 0 Å². The van der Waals surface area contributed by atoms with Crippen molar-refractivity contribution in [3.63, 3.8) is 0 Å². The van der Waals surface area contributed by atoms with Gasteiger partial charge < -0.3 is 9.30 Å². The number of ether oxygens (including phenoxy) is 1. The number of nitrogens with zero attached hydrogens (tertiary/aromatic N) is 3. The standard InChI is InChI=1S/C13H17N3O/c1-10(2)16-8-11(3)15-13(16)9-17-12-5-4-6-14-7-12/h4-8,10H,9H2,1-3H3. The molecular weight excluding hydrogens is 214 g/mol. The zero-order chi connectivity index (χ0) is 12.3. The van der Waals surface area contributed by atoms with Crippen LogP contribution in [0.25, 0.3) is 0 Å². The van der Waals surface area contributed by atoms with Gasteiger partial charge in [-0.3, -0.25) is 4.98 Å². The Morgan fingerprint density at radius 3 is 2.88 bits per heavy atom. The van der Waals surface area contributed by atoms with Gasteiger partial charge in [-0.15, -0.1) is 0 Å². The van der Waals surface area contributed by atoms with Crippen LogP contribution in [0.2, 0.25) is 0 Å². The van der Waals surface area contributed by atoms with Crippen molar-refractivity contribution >= 4 is 0 Å². The number of aromatic nitrogens is 3.